The number of hydrogen-bond acceptors (Lipinski definition) is 8. The lowest BCUT2D eigenvalue weighted by atomic mass is 9.98. The zero-order valence-electron chi connectivity index (χ0n) is 17.9. The van der Waals surface area contributed by atoms with E-state index in [1.807, 2.05) is 10.8 Å². The van der Waals surface area contributed by atoms with Gasteiger partial charge in [-0.3, -0.25) is 4.79 Å². The minimum absolute atomic E-state index is 0.00317. The topological polar surface area (TPSA) is 114 Å². The summed E-state index contributed by atoms with van der Waals surface area (Å²) in [6.07, 6.45) is 0.517. The van der Waals surface area contributed by atoms with E-state index in [2.05, 4.69) is 10.2 Å². The second-order valence-electron chi connectivity index (χ2n) is 7.13. The maximum Gasteiger partial charge on any atom is 0.333 e. The molecule has 14 heteroatoms. The lowest BCUT2D eigenvalue weighted by molar-refractivity contribution is -0.160. The van der Waals surface area contributed by atoms with E-state index in [0.29, 0.717) is 16.9 Å². The first-order valence-electron chi connectivity index (χ1n) is 9.89. The number of carbonyl (C=O) groups is 2. The van der Waals surface area contributed by atoms with Gasteiger partial charge in [0.2, 0.25) is 0 Å². The van der Waals surface area contributed by atoms with Crippen LogP contribution in [0.4, 0.5) is 20.6 Å². The molecular weight excluding hydrogens is 541 g/mol. The van der Waals surface area contributed by atoms with Crippen molar-refractivity contribution in [3.63, 3.8) is 0 Å². The number of benzene rings is 2. The second-order valence-corrected chi connectivity index (χ2v) is 11.5. The number of nitrogens with one attached hydrogen (secondary N) is 2. The molecule has 1 aliphatic heterocycles. The van der Waals surface area contributed by atoms with E-state index < -0.39 is 21.9 Å². The van der Waals surface area contributed by atoms with Crippen LogP contribution in [-0.4, -0.2) is 34.0 Å². The molecule has 4 rings (SSSR count). The van der Waals surface area contributed by atoms with Crippen LogP contribution in [-0.2, 0) is 25.7 Å². The summed E-state index contributed by atoms with van der Waals surface area (Å²) in [6, 6.07) is 10.5. The van der Waals surface area contributed by atoms with Crippen molar-refractivity contribution in [3.8, 4) is 0 Å². The van der Waals surface area contributed by atoms with Crippen molar-refractivity contribution >= 4 is 68.3 Å². The van der Waals surface area contributed by atoms with Crippen molar-refractivity contribution in [1.29, 1.82) is 0 Å². The van der Waals surface area contributed by atoms with E-state index in [1.165, 1.54) is 36.3 Å². The Morgan fingerprint density at radius 1 is 1.20 bits per heavy atom. The molecule has 1 aliphatic rings. The number of urea groups is 1. The minimum Gasteiger partial charge on any atom is -0.307 e. The highest BCUT2D eigenvalue weighted by Crippen LogP contribution is 2.31. The molecule has 0 saturated heterocycles. The summed E-state index contributed by atoms with van der Waals surface area (Å²) in [4.78, 5) is 31.7. The number of hydrogen-bond donors (Lipinski definition) is 2. The van der Waals surface area contributed by atoms with E-state index in [1.54, 1.807) is 12.1 Å². The average Bonchev–Trinajstić information content (AvgIpc) is 3.26. The second kappa shape index (κ2) is 10.5. The Bertz CT molecular complexity index is 1400. The fourth-order valence-corrected chi connectivity index (χ4v) is 6.21. The predicted molar refractivity (Wildman–Crippen MR) is 131 cm³/mol. The number of sulfonamides is 1. The van der Waals surface area contributed by atoms with Crippen LogP contribution in [0.5, 0.6) is 0 Å². The minimum atomic E-state index is -4.13. The summed E-state index contributed by atoms with van der Waals surface area (Å²) < 4.78 is 46.2. The van der Waals surface area contributed by atoms with Gasteiger partial charge >= 0.3 is 6.03 Å². The van der Waals surface area contributed by atoms with Gasteiger partial charge in [0.05, 0.1) is 29.2 Å². The van der Waals surface area contributed by atoms with Crippen molar-refractivity contribution in [1.82, 2.24) is 4.72 Å². The molecule has 0 fully saturated rings. The molecule has 0 bridgehead atoms. The molecule has 184 valence electrons. The molecule has 3 aromatic rings. The number of nitrogens with zero attached hydrogens (tertiary/aromatic N) is 1. The van der Waals surface area contributed by atoms with Gasteiger partial charge in [-0.1, -0.05) is 17.7 Å². The highest BCUT2D eigenvalue weighted by Gasteiger charge is 2.28. The van der Waals surface area contributed by atoms with Gasteiger partial charge in [-0.15, -0.1) is 11.3 Å². The van der Waals surface area contributed by atoms with Gasteiger partial charge in [0, 0.05) is 22.7 Å². The summed E-state index contributed by atoms with van der Waals surface area (Å²) in [7, 11) is -2.77. The van der Waals surface area contributed by atoms with Gasteiger partial charge in [-0.2, -0.15) is 4.33 Å². The highest BCUT2D eigenvalue weighted by atomic mass is 35.5. The Morgan fingerprint density at radius 2 is 2.00 bits per heavy atom. The summed E-state index contributed by atoms with van der Waals surface area (Å²) in [5, 5.41) is 2.27. The fraction of sp³-hybridized carbons (Fsp3) is 0.143. The van der Waals surface area contributed by atoms with Crippen molar-refractivity contribution < 1.29 is 31.6 Å². The van der Waals surface area contributed by atoms with E-state index in [4.69, 9.17) is 15.9 Å². The van der Waals surface area contributed by atoms with Gasteiger partial charge in [-0.05, 0) is 54.4 Å². The third-order valence-electron chi connectivity index (χ3n) is 4.90. The van der Waals surface area contributed by atoms with Gasteiger partial charge < -0.3 is 10.2 Å². The number of fused-ring (bicyclic) bond motifs is 1. The number of anilines is 2. The maximum absolute atomic E-state index is 14.9. The molecular formula is C21H17ClFN3O6S3. The summed E-state index contributed by atoms with van der Waals surface area (Å²) >= 11 is 7.47. The first-order chi connectivity index (χ1) is 16.7. The molecule has 0 unspecified atom stereocenters. The quantitative estimate of drug-likeness (QED) is 0.243. The van der Waals surface area contributed by atoms with Crippen LogP contribution >= 0.6 is 35.0 Å². The van der Waals surface area contributed by atoms with Crippen LogP contribution < -0.4 is 14.9 Å². The third-order valence-corrected chi connectivity index (χ3v) is 8.60. The summed E-state index contributed by atoms with van der Waals surface area (Å²) in [5.74, 6) is -1.15. The number of halogens is 2. The van der Waals surface area contributed by atoms with Crippen molar-refractivity contribution in [2.24, 2.45) is 0 Å². The molecule has 2 N–H and O–H groups in total. The van der Waals surface area contributed by atoms with Crippen LogP contribution in [0.1, 0.15) is 15.9 Å². The lowest BCUT2D eigenvalue weighted by Crippen LogP contribution is -2.38. The van der Waals surface area contributed by atoms with Crippen molar-refractivity contribution in [2.45, 2.75) is 15.5 Å². The van der Waals surface area contributed by atoms with Crippen LogP contribution in [0, 0.1) is 5.82 Å². The van der Waals surface area contributed by atoms with Gasteiger partial charge in [0.25, 0.3) is 15.9 Å². The van der Waals surface area contributed by atoms with Crippen LogP contribution in [0.2, 0.25) is 4.34 Å². The molecule has 0 atom stereocenters. The number of thiophene rings is 1. The predicted octanol–water partition coefficient (Wildman–Crippen LogP) is 4.84. The molecule has 35 heavy (non-hydrogen) atoms. The van der Waals surface area contributed by atoms with E-state index >= 15 is 0 Å². The van der Waals surface area contributed by atoms with Crippen molar-refractivity contribution in [3.05, 3.63) is 69.8 Å². The standard InChI is InChI=1S/C21H17ClFN3O6S3/c1-31-32-34-14-4-2-12-8-9-26(20(27)15(12)11-14)17-5-3-13(10-16(17)23)24-21(28)25-35(29,30)19-7-6-18(22)33-19/h2-7,10-11H,8-9H2,1H3,(H2,24,25,28). The Balaban J connectivity index is 1.47. The number of carbonyl (C=O) groups excluding carboxylic acids is 2. The molecule has 3 amide bonds. The molecule has 0 spiro atoms. The van der Waals surface area contributed by atoms with E-state index in [-0.39, 0.29) is 32.4 Å². The Labute approximate surface area is 213 Å². The zero-order valence-corrected chi connectivity index (χ0v) is 21.1. The molecule has 1 aromatic heterocycles. The average molecular weight is 558 g/mol. The molecule has 2 aromatic carbocycles. The Morgan fingerprint density at radius 3 is 2.69 bits per heavy atom. The normalized spacial score (nSPS) is 13.5. The third kappa shape index (κ3) is 5.77. The first-order valence-corrected chi connectivity index (χ1v) is 13.3. The zero-order chi connectivity index (χ0) is 25.2. The monoisotopic (exact) mass is 557 g/mol. The van der Waals surface area contributed by atoms with Gasteiger partial charge in [-0.25, -0.2) is 27.2 Å². The molecule has 2 heterocycles. The lowest BCUT2D eigenvalue weighted by Gasteiger charge is -2.29. The smallest absolute Gasteiger partial charge is 0.307 e. The van der Waals surface area contributed by atoms with E-state index in [0.717, 1.165) is 35.0 Å². The number of rotatable bonds is 7. The van der Waals surface area contributed by atoms with Gasteiger partial charge in [0.15, 0.2) is 0 Å². The first kappa shape index (κ1) is 25.4. The summed E-state index contributed by atoms with van der Waals surface area (Å²) in [5.41, 5.74) is 1.28. The Hall–Kier alpha value is -2.68. The molecule has 0 aliphatic carbocycles. The van der Waals surface area contributed by atoms with Gasteiger partial charge in [0.1, 0.15) is 10.0 Å². The summed E-state index contributed by atoms with van der Waals surface area (Å²) in [6.45, 7) is 0.263. The maximum atomic E-state index is 14.9. The molecule has 0 radical (unpaired) electrons. The van der Waals surface area contributed by atoms with Crippen LogP contribution in [0.3, 0.4) is 0 Å². The highest BCUT2D eigenvalue weighted by molar-refractivity contribution is 7.94. The van der Waals surface area contributed by atoms with Crippen molar-refractivity contribution in [2.75, 3.05) is 23.9 Å². The SMILES string of the molecule is COOSc1ccc2c(c1)C(=O)N(c1ccc(NC(=O)NS(=O)(=O)c3ccc(Cl)s3)cc1F)CC2. The van der Waals surface area contributed by atoms with Crippen LogP contribution in [0.25, 0.3) is 0 Å². The Kier molecular flexibility index (Phi) is 7.64. The molecule has 0 saturated carbocycles. The molecule has 9 nitrogen and oxygen atoms in total. The van der Waals surface area contributed by atoms with Crippen LogP contribution in [0.15, 0.2) is 57.6 Å². The number of amides is 3. The fourth-order valence-electron chi connectivity index (χ4n) is 3.38. The largest absolute Gasteiger partial charge is 0.333 e. The van der Waals surface area contributed by atoms with E-state index in [9.17, 15) is 22.4 Å².